The molecular formula is C18H13ClN2O6. The Hall–Kier alpha value is -3.39. The van der Waals surface area contributed by atoms with Crippen molar-refractivity contribution in [2.75, 3.05) is 7.11 Å². The molecule has 0 aliphatic rings. The van der Waals surface area contributed by atoms with Gasteiger partial charge in [0.25, 0.3) is 5.69 Å². The highest BCUT2D eigenvalue weighted by Crippen LogP contribution is 2.26. The number of ether oxygens (including phenoxy) is 2. The van der Waals surface area contributed by atoms with Crippen LogP contribution >= 0.6 is 11.6 Å². The lowest BCUT2D eigenvalue weighted by Gasteiger charge is -2.07. The zero-order valence-electron chi connectivity index (χ0n) is 14.0. The molecule has 0 spiro atoms. The number of nitrogens with zero attached hydrogens (tertiary/aromatic N) is 2. The Morgan fingerprint density at radius 1 is 1.22 bits per heavy atom. The van der Waals surface area contributed by atoms with Crippen molar-refractivity contribution in [1.82, 2.24) is 5.16 Å². The van der Waals surface area contributed by atoms with Crippen molar-refractivity contribution >= 4 is 23.3 Å². The van der Waals surface area contributed by atoms with Gasteiger partial charge in [-0.3, -0.25) is 10.1 Å². The van der Waals surface area contributed by atoms with E-state index in [2.05, 4.69) is 5.16 Å². The maximum absolute atomic E-state index is 12.3. The van der Waals surface area contributed by atoms with Gasteiger partial charge in [0, 0.05) is 28.8 Å². The number of nitro benzene ring substituents is 1. The van der Waals surface area contributed by atoms with Crippen LogP contribution in [-0.2, 0) is 11.3 Å². The van der Waals surface area contributed by atoms with Crippen molar-refractivity contribution in [1.29, 1.82) is 0 Å². The average Bonchev–Trinajstić information content (AvgIpc) is 3.15. The standard InChI is InChI=1S/C18H13ClN2O6/c1-25-17-7-6-13(21(23)24)8-15(17)18(22)26-10-14-9-16(20-27-14)11-2-4-12(19)5-3-11/h2-9H,10H2,1H3. The number of hydrogen-bond acceptors (Lipinski definition) is 7. The first-order valence-corrected chi connectivity index (χ1v) is 8.07. The maximum Gasteiger partial charge on any atom is 0.342 e. The summed E-state index contributed by atoms with van der Waals surface area (Å²) in [4.78, 5) is 22.6. The molecule has 3 aromatic rings. The highest BCUT2D eigenvalue weighted by atomic mass is 35.5. The first kappa shape index (κ1) is 18.4. The third kappa shape index (κ3) is 4.24. The normalized spacial score (nSPS) is 10.4. The van der Waals surface area contributed by atoms with E-state index < -0.39 is 10.9 Å². The van der Waals surface area contributed by atoms with E-state index in [0.717, 1.165) is 11.6 Å². The molecule has 0 unspecified atom stereocenters. The van der Waals surface area contributed by atoms with Crippen LogP contribution in [0.1, 0.15) is 16.1 Å². The summed E-state index contributed by atoms with van der Waals surface area (Å²) in [5.74, 6) is -0.289. The number of rotatable bonds is 6. The van der Waals surface area contributed by atoms with Crippen LogP contribution in [0.2, 0.25) is 5.02 Å². The lowest BCUT2D eigenvalue weighted by molar-refractivity contribution is -0.384. The minimum Gasteiger partial charge on any atom is -0.496 e. The van der Waals surface area contributed by atoms with Crippen molar-refractivity contribution in [2.45, 2.75) is 6.61 Å². The van der Waals surface area contributed by atoms with E-state index in [1.165, 1.54) is 19.2 Å². The highest BCUT2D eigenvalue weighted by Gasteiger charge is 2.19. The van der Waals surface area contributed by atoms with Crippen molar-refractivity contribution in [3.63, 3.8) is 0 Å². The molecule has 0 fully saturated rings. The zero-order valence-corrected chi connectivity index (χ0v) is 14.8. The third-order valence-corrected chi connectivity index (χ3v) is 3.91. The van der Waals surface area contributed by atoms with Crippen LogP contribution in [0.25, 0.3) is 11.3 Å². The maximum atomic E-state index is 12.3. The SMILES string of the molecule is COc1ccc([N+](=O)[O-])cc1C(=O)OCc1cc(-c2ccc(Cl)cc2)no1. The van der Waals surface area contributed by atoms with Gasteiger partial charge in [-0.2, -0.15) is 0 Å². The van der Waals surface area contributed by atoms with E-state index in [1.54, 1.807) is 30.3 Å². The van der Waals surface area contributed by atoms with Gasteiger partial charge in [0.2, 0.25) is 0 Å². The molecule has 0 aliphatic carbocycles. The summed E-state index contributed by atoms with van der Waals surface area (Å²) in [6.45, 7) is -0.189. The molecule has 0 saturated carbocycles. The van der Waals surface area contributed by atoms with Crippen molar-refractivity contribution in [3.8, 4) is 17.0 Å². The minimum atomic E-state index is -0.778. The number of nitro groups is 1. The molecule has 0 radical (unpaired) electrons. The number of esters is 1. The number of hydrogen-bond donors (Lipinski definition) is 0. The summed E-state index contributed by atoms with van der Waals surface area (Å²) in [6.07, 6.45) is 0. The highest BCUT2D eigenvalue weighted by molar-refractivity contribution is 6.30. The Labute approximate surface area is 158 Å². The Morgan fingerprint density at radius 2 is 1.96 bits per heavy atom. The van der Waals surface area contributed by atoms with Crippen LogP contribution in [0, 0.1) is 10.1 Å². The van der Waals surface area contributed by atoms with E-state index in [0.29, 0.717) is 16.5 Å². The summed E-state index contributed by atoms with van der Waals surface area (Å²) < 4.78 is 15.4. The number of non-ortho nitro benzene ring substituents is 1. The van der Waals surface area contributed by atoms with E-state index in [4.69, 9.17) is 25.6 Å². The fraction of sp³-hybridized carbons (Fsp3) is 0.111. The van der Waals surface area contributed by atoms with Gasteiger partial charge < -0.3 is 14.0 Å². The van der Waals surface area contributed by atoms with Gasteiger partial charge in [-0.25, -0.2) is 4.79 Å². The quantitative estimate of drug-likeness (QED) is 0.352. The molecule has 27 heavy (non-hydrogen) atoms. The zero-order chi connectivity index (χ0) is 19.4. The van der Waals surface area contributed by atoms with Crippen molar-refractivity contribution < 1.29 is 23.7 Å². The molecule has 138 valence electrons. The Morgan fingerprint density at radius 3 is 2.63 bits per heavy atom. The molecule has 0 atom stereocenters. The molecule has 0 bridgehead atoms. The van der Waals surface area contributed by atoms with Gasteiger partial charge in [-0.1, -0.05) is 28.9 Å². The molecule has 1 aromatic heterocycles. The van der Waals surface area contributed by atoms with E-state index in [9.17, 15) is 14.9 Å². The average molecular weight is 389 g/mol. The molecule has 0 amide bonds. The summed E-state index contributed by atoms with van der Waals surface area (Å²) >= 11 is 5.85. The van der Waals surface area contributed by atoms with Crippen LogP contribution < -0.4 is 4.74 Å². The number of methoxy groups -OCH3 is 1. The second kappa shape index (κ2) is 7.88. The fourth-order valence-corrected chi connectivity index (χ4v) is 2.45. The summed E-state index contributed by atoms with van der Waals surface area (Å²) in [5.41, 5.74) is 1.06. The second-order valence-corrected chi connectivity index (χ2v) is 5.84. The predicted molar refractivity (Wildman–Crippen MR) is 95.7 cm³/mol. The van der Waals surface area contributed by atoms with Gasteiger partial charge >= 0.3 is 5.97 Å². The van der Waals surface area contributed by atoms with Gasteiger partial charge in [0.15, 0.2) is 12.4 Å². The number of carbonyl (C=O) groups is 1. The van der Waals surface area contributed by atoms with Crippen molar-refractivity contribution in [3.05, 3.63) is 75.0 Å². The molecule has 1 heterocycles. The predicted octanol–water partition coefficient (Wildman–Crippen LogP) is 4.27. The first-order chi connectivity index (χ1) is 13.0. The van der Waals surface area contributed by atoms with E-state index in [-0.39, 0.29) is 23.6 Å². The van der Waals surface area contributed by atoms with Crippen LogP contribution in [0.3, 0.4) is 0 Å². The molecule has 8 nitrogen and oxygen atoms in total. The number of carbonyl (C=O) groups excluding carboxylic acids is 1. The van der Waals surface area contributed by atoms with Gasteiger partial charge in [0.1, 0.15) is 17.0 Å². The molecule has 2 aromatic carbocycles. The van der Waals surface area contributed by atoms with E-state index in [1.807, 2.05) is 0 Å². The topological polar surface area (TPSA) is 105 Å². The summed E-state index contributed by atoms with van der Waals surface area (Å²) in [7, 11) is 1.35. The Bertz CT molecular complexity index is 984. The monoisotopic (exact) mass is 388 g/mol. The van der Waals surface area contributed by atoms with Gasteiger partial charge in [-0.05, 0) is 18.2 Å². The fourth-order valence-electron chi connectivity index (χ4n) is 2.32. The van der Waals surface area contributed by atoms with Crippen molar-refractivity contribution in [2.24, 2.45) is 0 Å². The third-order valence-electron chi connectivity index (χ3n) is 3.66. The molecule has 0 aliphatic heterocycles. The first-order valence-electron chi connectivity index (χ1n) is 7.69. The Balaban J connectivity index is 1.72. The molecule has 0 saturated heterocycles. The largest absolute Gasteiger partial charge is 0.496 e. The smallest absolute Gasteiger partial charge is 0.342 e. The molecule has 3 rings (SSSR count). The van der Waals surface area contributed by atoms with Crippen LogP contribution in [0.4, 0.5) is 5.69 Å². The van der Waals surface area contributed by atoms with Gasteiger partial charge in [-0.15, -0.1) is 0 Å². The lowest BCUT2D eigenvalue weighted by Crippen LogP contribution is -2.07. The Kier molecular flexibility index (Phi) is 5.37. The lowest BCUT2D eigenvalue weighted by atomic mass is 10.1. The van der Waals surface area contributed by atoms with Gasteiger partial charge in [0.05, 0.1) is 12.0 Å². The molecule has 0 N–H and O–H groups in total. The van der Waals surface area contributed by atoms with Crippen LogP contribution in [0.15, 0.2) is 53.1 Å². The number of benzene rings is 2. The summed E-state index contributed by atoms with van der Waals surface area (Å²) in [6, 6.07) is 12.3. The second-order valence-electron chi connectivity index (χ2n) is 5.40. The minimum absolute atomic E-state index is 0.0517. The van der Waals surface area contributed by atoms with Crippen LogP contribution in [0.5, 0.6) is 5.75 Å². The molecular weight excluding hydrogens is 376 g/mol. The summed E-state index contributed by atoms with van der Waals surface area (Å²) in [5, 5.41) is 15.4. The number of halogens is 1. The number of aromatic nitrogens is 1. The van der Waals surface area contributed by atoms with Crippen LogP contribution in [-0.4, -0.2) is 23.2 Å². The van der Waals surface area contributed by atoms with E-state index >= 15 is 0 Å². The molecule has 9 heteroatoms.